The van der Waals surface area contributed by atoms with Crippen molar-refractivity contribution in [1.82, 2.24) is 15.3 Å². The number of anilines is 1. The standard InChI is InChI=1S/C20H19FN4O3S/c1-25-17-14(8-5-9-22-17)28-11-13(20(25)27)23-18(26)19-24-16(21)15(29-19)10-12-6-3-2-4-7-12/h2-9,13,18,23,26H,10-11H2,1H3/t13-,18?/m0/s1. The number of nitrogens with one attached hydrogen (secondary N) is 1. The third-order valence-electron chi connectivity index (χ3n) is 4.57. The summed E-state index contributed by atoms with van der Waals surface area (Å²) in [6.45, 7) is 0.00363. The zero-order valence-corrected chi connectivity index (χ0v) is 16.4. The van der Waals surface area contributed by atoms with Crippen molar-refractivity contribution in [1.29, 1.82) is 0 Å². The quantitative estimate of drug-likeness (QED) is 0.623. The number of ether oxygens (including phenoxy) is 1. The van der Waals surface area contributed by atoms with Crippen LogP contribution >= 0.6 is 11.3 Å². The summed E-state index contributed by atoms with van der Waals surface area (Å²) in [5.74, 6) is -0.0517. The number of aliphatic hydroxyl groups is 1. The van der Waals surface area contributed by atoms with Gasteiger partial charge in [-0.25, -0.2) is 9.97 Å². The molecule has 0 saturated carbocycles. The summed E-state index contributed by atoms with van der Waals surface area (Å²) in [6.07, 6.45) is 0.645. The average Bonchev–Trinajstić information content (AvgIpc) is 3.06. The minimum Gasteiger partial charge on any atom is -0.488 e. The third kappa shape index (κ3) is 4.12. The topological polar surface area (TPSA) is 87.6 Å². The molecule has 3 heterocycles. The van der Waals surface area contributed by atoms with Crippen LogP contribution in [0.2, 0.25) is 0 Å². The SMILES string of the molecule is CN1C(=O)[C@@H](NC(O)c2nc(F)c(Cc3ccccc3)s2)COc2cccnc21. The maximum absolute atomic E-state index is 14.3. The Morgan fingerprint density at radius 3 is 2.93 bits per heavy atom. The largest absolute Gasteiger partial charge is 0.488 e. The van der Waals surface area contributed by atoms with E-state index in [0.717, 1.165) is 16.9 Å². The van der Waals surface area contributed by atoms with Gasteiger partial charge in [-0.05, 0) is 17.7 Å². The number of hydrogen-bond donors (Lipinski definition) is 2. The van der Waals surface area contributed by atoms with Crippen molar-refractivity contribution in [2.45, 2.75) is 18.7 Å². The first-order valence-corrected chi connectivity index (χ1v) is 9.83. The molecule has 1 unspecified atom stereocenters. The van der Waals surface area contributed by atoms with Crippen molar-refractivity contribution in [3.8, 4) is 5.75 Å². The molecule has 0 fully saturated rings. The lowest BCUT2D eigenvalue weighted by Gasteiger charge is -2.21. The average molecular weight is 414 g/mol. The van der Waals surface area contributed by atoms with E-state index in [1.807, 2.05) is 30.3 Å². The maximum atomic E-state index is 14.3. The number of aliphatic hydroxyl groups excluding tert-OH is 1. The molecule has 1 aliphatic rings. The molecule has 7 nitrogen and oxygen atoms in total. The number of carbonyl (C=O) groups excluding carboxylic acids is 1. The van der Waals surface area contributed by atoms with Crippen LogP contribution in [-0.4, -0.2) is 40.7 Å². The second kappa shape index (κ2) is 8.24. The second-order valence-corrected chi connectivity index (χ2v) is 7.70. The minimum atomic E-state index is -1.31. The van der Waals surface area contributed by atoms with E-state index in [0.29, 0.717) is 22.9 Å². The van der Waals surface area contributed by atoms with E-state index in [9.17, 15) is 14.3 Å². The summed E-state index contributed by atoms with van der Waals surface area (Å²) in [6, 6.07) is 12.0. The van der Waals surface area contributed by atoms with Gasteiger partial charge in [-0.2, -0.15) is 4.39 Å². The molecule has 2 atom stereocenters. The molecule has 1 aromatic carbocycles. The molecule has 29 heavy (non-hydrogen) atoms. The van der Waals surface area contributed by atoms with Crippen molar-refractivity contribution in [2.24, 2.45) is 0 Å². The van der Waals surface area contributed by atoms with E-state index >= 15 is 0 Å². The molecule has 4 rings (SSSR count). The molecule has 0 saturated heterocycles. The molecule has 150 valence electrons. The fourth-order valence-electron chi connectivity index (χ4n) is 3.07. The Morgan fingerprint density at radius 2 is 2.14 bits per heavy atom. The van der Waals surface area contributed by atoms with Gasteiger partial charge in [0.1, 0.15) is 17.7 Å². The summed E-state index contributed by atoms with van der Waals surface area (Å²) in [5, 5.41) is 13.5. The van der Waals surface area contributed by atoms with Gasteiger partial charge in [-0.1, -0.05) is 30.3 Å². The number of amides is 1. The van der Waals surface area contributed by atoms with Crippen LogP contribution in [0.5, 0.6) is 5.75 Å². The number of likely N-dealkylation sites (N-methyl/N-ethyl adjacent to an activating group) is 1. The summed E-state index contributed by atoms with van der Waals surface area (Å²) in [4.78, 5) is 22.5. The van der Waals surface area contributed by atoms with E-state index < -0.39 is 18.2 Å². The first-order chi connectivity index (χ1) is 14.0. The van der Waals surface area contributed by atoms with Crippen LogP contribution < -0.4 is 15.0 Å². The van der Waals surface area contributed by atoms with Crippen molar-refractivity contribution < 1.29 is 19.0 Å². The van der Waals surface area contributed by atoms with Crippen LogP contribution in [0.15, 0.2) is 48.7 Å². The van der Waals surface area contributed by atoms with Crippen LogP contribution in [0.25, 0.3) is 0 Å². The summed E-state index contributed by atoms with van der Waals surface area (Å²) in [7, 11) is 1.59. The molecule has 1 amide bonds. The number of halogens is 1. The van der Waals surface area contributed by atoms with Crippen LogP contribution in [0.1, 0.15) is 21.7 Å². The van der Waals surface area contributed by atoms with Crippen LogP contribution in [0.3, 0.4) is 0 Å². The van der Waals surface area contributed by atoms with Gasteiger partial charge in [-0.15, -0.1) is 11.3 Å². The van der Waals surface area contributed by atoms with Crippen molar-refractivity contribution in [2.75, 3.05) is 18.6 Å². The normalized spacial score (nSPS) is 17.4. The number of rotatable bonds is 5. The number of nitrogens with zero attached hydrogens (tertiary/aromatic N) is 3. The lowest BCUT2D eigenvalue weighted by atomic mass is 10.1. The maximum Gasteiger partial charge on any atom is 0.248 e. The lowest BCUT2D eigenvalue weighted by molar-refractivity contribution is -0.121. The Labute approximate surface area is 170 Å². The second-order valence-electron chi connectivity index (χ2n) is 6.58. The first-order valence-electron chi connectivity index (χ1n) is 9.01. The van der Waals surface area contributed by atoms with E-state index in [-0.39, 0.29) is 17.5 Å². The number of hydrogen-bond acceptors (Lipinski definition) is 7. The highest BCUT2D eigenvalue weighted by Gasteiger charge is 2.32. The summed E-state index contributed by atoms with van der Waals surface area (Å²) >= 11 is 1.07. The molecule has 0 spiro atoms. The lowest BCUT2D eigenvalue weighted by Crippen LogP contribution is -2.48. The van der Waals surface area contributed by atoms with Crippen molar-refractivity contribution in [3.63, 3.8) is 0 Å². The minimum absolute atomic E-state index is 0.00363. The molecule has 9 heteroatoms. The Morgan fingerprint density at radius 1 is 1.34 bits per heavy atom. The number of benzene rings is 1. The fourth-order valence-corrected chi connectivity index (χ4v) is 3.99. The predicted octanol–water partition coefficient (Wildman–Crippen LogP) is 2.27. The smallest absolute Gasteiger partial charge is 0.248 e. The molecule has 0 radical (unpaired) electrons. The molecule has 0 bridgehead atoms. The number of pyridine rings is 1. The van der Waals surface area contributed by atoms with E-state index in [1.165, 1.54) is 4.90 Å². The van der Waals surface area contributed by atoms with Gasteiger partial charge < -0.3 is 9.84 Å². The fraction of sp³-hybridized carbons (Fsp3) is 0.250. The van der Waals surface area contributed by atoms with Gasteiger partial charge in [0.05, 0.1) is 4.88 Å². The Hall–Kier alpha value is -2.88. The highest BCUT2D eigenvalue weighted by molar-refractivity contribution is 7.11. The molecule has 3 aromatic rings. The number of thiazole rings is 1. The molecule has 1 aliphatic heterocycles. The van der Waals surface area contributed by atoms with Crippen molar-refractivity contribution in [3.05, 3.63) is 70.1 Å². The van der Waals surface area contributed by atoms with Gasteiger partial charge in [0.25, 0.3) is 0 Å². The van der Waals surface area contributed by atoms with Gasteiger partial charge in [0, 0.05) is 19.7 Å². The van der Waals surface area contributed by atoms with Crippen LogP contribution in [-0.2, 0) is 11.2 Å². The predicted molar refractivity (Wildman–Crippen MR) is 106 cm³/mol. The van der Waals surface area contributed by atoms with Crippen LogP contribution in [0, 0.1) is 5.95 Å². The molecule has 2 aromatic heterocycles. The van der Waals surface area contributed by atoms with Crippen LogP contribution in [0.4, 0.5) is 10.2 Å². The Kier molecular flexibility index (Phi) is 5.52. The van der Waals surface area contributed by atoms with E-state index in [2.05, 4.69) is 15.3 Å². The number of fused-ring (bicyclic) bond motifs is 1. The summed E-state index contributed by atoms with van der Waals surface area (Å²) in [5.41, 5.74) is 0.947. The highest BCUT2D eigenvalue weighted by atomic mass is 32.1. The van der Waals surface area contributed by atoms with E-state index in [1.54, 1.807) is 25.4 Å². The molecule has 0 aliphatic carbocycles. The highest BCUT2D eigenvalue weighted by Crippen LogP contribution is 2.29. The van der Waals surface area contributed by atoms with Gasteiger partial charge >= 0.3 is 0 Å². The first kappa shape index (κ1) is 19.4. The van der Waals surface area contributed by atoms with Gasteiger partial charge in [0.2, 0.25) is 11.9 Å². The Bertz CT molecular complexity index is 1010. The van der Waals surface area contributed by atoms with Gasteiger partial charge in [0.15, 0.2) is 17.8 Å². The molecular weight excluding hydrogens is 395 g/mol. The Balaban J connectivity index is 1.48. The van der Waals surface area contributed by atoms with E-state index in [4.69, 9.17) is 4.74 Å². The molecule has 2 N–H and O–H groups in total. The molecular formula is C20H19FN4O3S. The zero-order chi connectivity index (χ0) is 20.4. The van der Waals surface area contributed by atoms with Crippen molar-refractivity contribution >= 4 is 23.1 Å². The summed E-state index contributed by atoms with van der Waals surface area (Å²) < 4.78 is 19.9. The number of aromatic nitrogens is 2. The monoisotopic (exact) mass is 414 g/mol. The van der Waals surface area contributed by atoms with Gasteiger partial charge in [-0.3, -0.25) is 15.0 Å². The zero-order valence-electron chi connectivity index (χ0n) is 15.6. The number of carbonyl (C=O) groups is 1. The third-order valence-corrected chi connectivity index (χ3v) is 5.65.